The quantitative estimate of drug-likeness (QED) is 0.830. The number of amides is 1. The zero-order valence-corrected chi connectivity index (χ0v) is 11.7. The van der Waals surface area contributed by atoms with Crippen molar-refractivity contribution < 1.29 is 13.2 Å². The first-order valence-corrected chi connectivity index (χ1v) is 8.60. The fourth-order valence-electron chi connectivity index (χ4n) is 2.93. The van der Waals surface area contributed by atoms with Crippen LogP contribution in [0.4, 0.5) is 0 Å². The summed E-state index contributed by atoms with van der Waals surface area (Å²) in [7, 11) is -3.28. The summed E-state index contributed by atoms with van der Waals surface area (Å²) < 4.78 is 24.7. The molecule has 5 nitrogen and oxygen atoms in total. The van der Waals surface area contributed by atoms with Crippen molar-refractivity contribution in [3.05, 3.63) is 0 Å². The average Bonchev–Trinajstić information content (AvgIpc) is 2.80. The Labute approximate surface area is 109 Å². The molecule has 1 amide bonds. The SMILES string of the molecule is CS(=O)(=O)N1CCCC[C@H]1C(=O)NC1CCCC1. The van der Waals surface area contributed by atoms with Crippen LogP contribution in [0.3, 0.4) is 0 Å². The van der Waals surface area contributed by atoms with E-state index >= 15 is 0 Å². The molecule has 1 heterocycles. The second kappa shape index (κ2) is 5.57. The minimum absolute atomic E-state index is 0.105. The molecular formula is C12H22N2O3S. The van der Waals surface area contributed by atoms with E-state index in [4.69, 9.17) is 0 Å². The van der Waals surface area contributed by atoms with Crippen molar-refractivity contribution in [1.29, 1.82) is 0 Å². The van der Waals surface area contributed by atoms with E-state index in [0.29, 0.717) is 13.0 Å². The lowest BCUT2D eigenvalue weighted by Crippen LogP contribution is -2.53. The van der Waals surface area contributed by atoms with Gasteiger partial charge in [0.25, 0.3) is 0 Å². The van der Waals surface area contributed by atoms with Gasteiger partial charge in [0.15, 0.2) is 0 Å². The van der Waals surface area contributed by atoms with Crippen LogP contribution in [0.15, 0.2) is 0 Å². The fraction of sp³-hybridized carbons (Fsp3) is 0.917. The molecule has 0 bridgehead atoms. The van der Waals surface area contributed by atoms with E-state index in [1.807, 2.05) is 0 Å². The standard InChI is InChI=1S/C12H22N2O3S/c1-18(16,17)14-9-5-4-8-11(14)12(15)13-10-6-2-3-7-10/h10-11H,2-9H2,1H3,(H,13,15)/t11-/m0/s1. The van der Waals surface area contributed by atoms with Crippen LogP contribution in [0.1, 0.15) is 44.9 Å². The lowest BCUT2D eigenvalue weighted by Gasteiger charge is -2.33. The molecule has 1 saturated carbocycles. The molecular weight excluding hydrogens is 252 g/mol. The highest BCUT2D eigenvalue weighted by Crippen LogP contribution is 2.22. The van der Waals surface area contributed by atoms with Gasteiger partial charge in [-0.05, 0) is 25.7 Å². The van der Waals surface area contributed by atoms with Crippen LogP contribution >= 0.6 is 0 Å². The maximum Gasteiger partial charge on any atom is 0.238 e. The molecule has 2 rings (SSSR count). The molecule has 1 atom stereocenters. The predicted octanol–water partition coefficient (Wildman–Crippen LogP) is 0.859. The van der Waals surface area contributed by atoms with Crippen LogP contribution in [0.2, 0.25) is 0 Å². The Bertz CT molecular complexity index is 402. The van der Waals surface area contributed by atoms with Crippen LogP contribution in [0, 0.1) is 0 Å². The van der Waals surface area contributed by atoms with Crippen molar-refractivity contribution in [1.82, 2.24) is 9.62 Å². The van der Waals surface area contributed by atoms with Gasteiger partial charge in [-0.1, -0.05) is 19.3 Å². The molecule has 2 fully saturated rings. The number of piperidine rings is 1. The minimum Gasteiger partial charge on any atom is -0.352 e. The van der Waals surface area contributed by atoms with Gasteiger partial charge < -0.3 is 5.32 Å². The summed E-state index contributed by atoms with van der Waals surface area (Å²) >= 11 is 0. The smallest absolute Gasteiger partial charge is 0.238 e. The van der Waals surface area contributed by atoms with Gasteiger partial charge >= 0.3 is 0 Å². The van der Waals surface area contributed by atoms with Crippen LogP contribution in [-0.4, -0.2) is 43.5 Å². The summed E-state index contributed by atoms with van der Waals surface area (Å²) in [5.41, 5.74) is 0. The first-order chi connectivity index (χ1) is 8.48. The second-order valence-corrected chi connectivity index (χ2v) is 7.31. The van der Waals surface area contributed by atoms with E-state index in [2.05, 4.69) is 5.32 Å². The molecule has 0 radical (unpaired) electrons. The summed E-state index contributed by atoms with van der Waals surface area (Å²) in [4.78, 5) is 12.2. The van der Waals surface area contributed by atoms with Crippen LogP contribution in [0.25, 0.3) is 0 Å². The Balaban J connectivity index is 2.01. The summed E-state index contributed by atoms with van der Waals surface area (Å²) in [5.74, 6) is -0.105. The average molecular weight is 274 g/mol. The molecule has 18 heavy (non-hydrogen) atoms. The molecule has 0 aromatic heterocycles. The number of nitrogens with zero attached hydrogens (tertiary/aromatic N) is 1. The Morgan fingerprint density at radius 2 is 1.72 bits per heavy atom. The highest BCUT2D eigenvalue weighted by molar-refractivity contribution is 7.88. The Kier molecular flexibility index (Phi) is 4.27. The molecule has 1 aliphatic carbocycles. The zero-order chi connectivity index (χ0) is 13.2. The topological polar surface area (TPSA) is 66.5 Å². The molecule has 1 aliphatic heterocycles. The number of nitrogens with one attached hydrogen (secondary N) is 1. The largest absolute Gasteiger partial charge is 0.352 e. The Morgan fingerprint density at radius 1 is 1.11 bits per heavy atom. The van der Waals surface area contributed by atoms with Crippen molar-refractivity contribution in [2.75, 3.05) is 12.8 Å². The lowest BCUT2D eigenvalue weighted by molar-refractivity contribution is -0.126. The van der Waals surface area contributed by atoms with E-state index in [-0.39, 0.29) is 11.9 Å². The second-order valence-electron chi connectivity index (χ2n) is 5.38. The third-order valence-corrected chi connectivity index (χ3v) is 5.17. The minimum atomic E-state index is -3.28. The van der Waals surface area contributed by atoms with E-state index in [1.165, 1.54) is 10.6 Å². The molecule has 1 N–H and O–H groups in total. The van der Waals surface area contributed by atoms with Crippen LogP contribution in [-0.2, 0) is 14.8 Å². The van der Waals surface area contributed by atoms with Crippen molar-refractivity contribution in [3.8, 4) is 0 Å². The molecule has 1 saturated heterocycles. The number of hydrogen-bond donors (Lipinski definition) is 1. The number of sulfonamides is 1. The van der Waals surface area contributed by atoms with Gasteiger partial charge in [-0.2, -0.15) is 4.31 Å². The number of rotatable bonds is 3. The maximum absolute atomic E-state index is 12.2. The van der Waals surface area contributed by atoms with Gasteiger partial charge in [-0.25, -0.2) is 8.42 Å². The normalized spacial score (nSPS) is 27.3. The van der Waals surface area contributed by atoms with Crippen molar-refractivity contribution >= 4 is 15.9 Å². The monoisotopic (exact) mass is 274 g/mol. The summed E-state index contributed by atoms with van der Waals surface area (Å²) in [6, 6.07) is -0.241. The van der Waals surface area contributed by atoms with Crippen LogP contribution < -0.4 is 5.32 Å². The third kappa shape index (κ3) is 3.23. The summed E-state index contributed by atoms with van der Waals surface area (Å²) in [5, 5.41) is 3.01. The predicted molar refractivity (Wildman–Crippen MR) is 69.6 cm³/mol. The van der Waals surface area contributed by atoms with Gasteiger partial charge in [0, 0.05) is 12.6 Å². The van der Waals surface area contributed by atoms with E-state index in [1.54, 1.807) is 0 Å². The first-order valence-electron chi connectivity index (χ1n) is 6.75. The van der Waals surface area contributed by atoms with Gasteiger partial charge in [0.2, 0.25) is 15.9 Å². The molecule has 0 aromatic carbocycles. The van der Waals surface area contributed by atoms with E-state index in [0.717, 1.165) is 38.5 Å². The highest BCUT2D eigenvalue weighted by atomic mass is 32.2. The Hall–Kier alpha value is -0.620. The summed E-state index contributed by atoms with van der Waals surface area (Å²) in [6.07, 6.45) is 7.97. The fourth-order valence-corrected chi connectivity index (χ4v) is 4.06. The van der Waals surface area contributed by atoms with Gasteiger partial charge in [-0.15, -0.1) is 0 Å². The van der Waals surface area contributed by atoms with E-state index < -0.39 is 16.1 Å². The molecule has 2 aliphatic rings. The molecule has 0 unspecified atom stereocenters. The van der Waals surface area contributed by atoms with Crippen molar-refractivity contribution in [2.45, 2.75) is 57.0 Å². The molecule has 0 aromatic rings. The summed E-state index contributed by atoms with van der Waals surface area (Å²) in [6.45, 7) is 0.474. The van der Waals surface area contributed by atoms with Gasteiger partial charge in [0.05, 0.1) is 6.26 Å². The number of carbonyl (C=O) groups is 1. The molecule has 6 heteroatoms. The van der Waals surface area contributed by atoms with Crippen molar-refractivity contribution in [3.63, 3.8) is 0 Å². The Morgan fingerprint density at radius 3 is 2.33 bits per heavy atom. The van der Waals surface area contributed by atoms with E-state index in [9.17, 15) is 13.2 Å². The number of hydrogen-bond acceptors (Lipinski definition) is 3. The van der Waals surface area contributed by atoms with Crippen molar-refractivity contribution in [2.24, 2.45) is 0 Å². The third-order valence-electron chi connectivity index (χ3n) is 3.88. The molecule has 104 valence electrons. The van der Waals surface area contributed by atoms with Gasteiger partial charge in [0.1, 0.15) is 6.04 Å². The maximum atomic E-state index is 12.2. The van der Waals surface area contributed by atoms with Gasteiger partial charge in [-0.3, -0.25) is 4.79 Å². The highest BCUT2D eigenvalue weighted by Gasteiger charge is 2.35. The first kappa shape index (κ1) is 13.8. The molecule has 0 spiro atoms. The lowest BCUT2D eigenvalue weighted by atomic mass is 10.0. The van der Waals surface area contributed by atoms with Crippen LogP contribution in [0.5, 0.6) is 0 Å². The number of carbonyl (C=O) groups excluding carboxylic acids is 1. The zero-order valence-electron chi connectivity index (χ0n) is 10.9.